The molecule has 0 radical (unpaired) electrons. The van der Waals surface area contributed by atoms with Crippen molar-refractivity contribution in [2.24, 2.45) is 0 Å². The van der Waals surface area contributed by atoms with E-state index < -0.39 is 11.7 Å². The summed E-state index contributed by atoms with van der Waals surface area (Å²) >= 11 is 0. The van der Waals surface area contributed by atoms with Crippen LogP contribution in [0.2, 0.25) is 0 Å². The first-order valence-corrected chi connectivity index (χ1v) is 13.7. The summed E-state index contributed by atoms with van der Waals surface area (Å²) in [5.74, 6) is 1.24. The number of carbonyl (C=O) groups is 2. The maximum Gasteiger partial charge on any atom is 0.407 e. The molecule has 0 bridgehead atoms. The van der Waals surface area contributed by atoms with Crippen molar-refractivity contribution in [2.45, 2.75) is 86.3 Å². The lowest BCUT2D eigenvalue weighted by atomic mass is 9.93. The summed E-state index contributed by atoms with van der Waals surface area (Å²) in [6, 6.07) is 6.07. The maximum atomic E-state index is 12.4. The number of alkyl carbamates (subject to hydrolysis) is 1. The molecule has 0 aliphatic heterocycles. The number of rotatable bonds is 11. The Hall–Kier alpha value is -4.02. The van der Waals surface area contributed by atoms with Crippen LogP contribution in [-0.4, -0.2) is 56.8 Å². The predicted octanol–water partition coefficient (Wildman–Crippen LogP) is 4.77. The largest absolute Gasteiger partial charge is 0.444 e. The van der Waals surface area contributed by atoms with E-state index in [2.05, 4.69) is 49.0 Å². The van der Waals surface area contributed by atoms with Gasteiger partial charge in [0.25, 0.3) is 5.89 Å². The Balaban J connectivity index is 1.63. The molecule has 2 amide bonds. The molecule has 0 unspecified atom stereocenters. The van der Waals surface area contributed by atoms with E-state index in [1.165, 1.54) is 0 Å². The molecule has 0 atom stereocenters. The molecule has 1 aromatic carbocycles. The molecular weight excluding hydrogens is 510 g/mol. The minimum atomic E-state index is -0.561. The Bertz CT molecular complexity index is 1330. The van der Waals surface area contributed by atoms with Crippen LogP contribution in [0.1, 0.15) is 70.3 Å². The van der Waals surface area contributed by atoms with Crippen LogP contribution in [0.3, 0.4) is 0 Å². The molecule has 2 aromatic heterocycles. The number of aryl methyl sites for hydroxylation is 3. The quantitative estimate of drug-likeness (QED) is 0.287. The molecule has 0 spiro atoms. The first kappa shape index (κ1) is 30.5. The molecule has 0 fully saturated rings. The number of nitrogens with one attached hydrogen (secondary N) is 3. The number of hydrogen-bond donors (Lipinski definition) is 3. The van der Waals surface area contributed by atoms with Crippen LogP contribution < -0.4 is 16.0 Å². The van der Waals surface area contributed by atoms with Gasteiger partial charge in [0, 0.05) is 36.8 Å². The summed E-state index contributed by atoms with van der Waals surface area (Å²) in [6.07, 6.45) is 1.24. The molecule has 2 heterocycles. The van der Waals surface area contributed by atoms with Crippen molar-refractivity contribution in [3.8, 4) is 23.0 Å². The third kappa shape index (κ3) is 9.03. The number of benzene rings is 1. The van der Waals surface area contributed by atoms with Crippen LogP contribution in [0.4, 0.5) is 10.7 Å². The van der Waals surface area contributed by atoms with Crippen LogP contribution in [-0.2, 0) is 22.4 Å². The molecule has 0 aliphatic carbocycles. The highest BCUT2D eigenvalue weighted by Gasteiger charge is 2.18. The monoisotopic (exact) mass is 551 g/mol. The average Bonchev–Trinajstić information content (AvgIpc) is 3.34. The third-order valence-corrected chi connectivity index (χ3v) is 5.84. The Kier molecular flexibility index (Phi) is 10.2. The number of carbonyl (C=O) groups excluding carboxylic acids is 2. The Labute approximate surface area is 235 Å². The number of anilines is 1. The van der Waals surface area contributed by atoms with E-state index in [1.807, 2.05) is 39.8 Å². The van der Waals surface area contributed by atoms with Crippen molar-refractivity contribution in [3.05, 3.63) is 40.6 Å². The molecule has 40 heavy (non-hydrogen) atoms. The molecule has 0 saturated carbocycles. The van der Waals surface area contributed by atoms with Gasteiger partial charge in [-0.15, -0.1) is 0 Å². The summed E-state index contributed by atoms with van der Waals surface area (Å²) in [7, 11) is 0. The molecule has 3 aromatic rings. The van der Waals surface area contributed by atoms with E-state index in [1.54, 1.807) is 20.8 Å². The number of amides is 2. The number of ether oxygens (including phenoxy) is 1. The zero-order chi connectivity index (χ0) is 29.4. The van der Waals surface area contributed by atoms with E-state index in [9.17, 15) is 9.59 Å². The van der Waals surface area contributed by atoms with Gasteiger partial charge in [-0.25, -0.2) is 14.8 Å². The van der Waals surface area contributed by atoms with Gasteiger partial charge in [-0.1, -0.05) is 12.1 Å². The van der Waals surface area contributed by atoms with Gasteiger partial charge in [-0.3, -0.25) is 4.79 Å². The average molecular weight is 552 g/mol. The number of aromatic nitrogens is 4. The highest BCUT2D eigenvalue weighted by atomic mass is 16.6. The minimum Gasteiger partial charge on any atom is -0.444 e. The van der Waals surface area contributed by atoms with E-state index in [-0.39, 0.29) is 11.9 Å². The smallest absolute Gasteiger partial charge is 0.407 e. The molecule has 3 rings (SSSR count). The summed E-state index contributed by atoms with van der Waals surface area (Å²) < 4.78 is 10.8. The van der Waals surface area contributed by atoms with Crippen LogP contribution in [0, 0.1) is 13.8 Å². The second kappa shape index (κ2) is 13.4. The zero-order valence-electron chi connectivity index (χ0n) is 24.8. The molecule has 216 valence electrons. The normalized spacial score (nSPS) is 11.4. The third-order valence-electron chi connectivity index (χ3n) is 5.84. The lowest BCUT2D eigenvalue weighted by Gasteiger charge is -2.19. The van der Waals surface area contributed by atoms with Gasteiger partial charge in [0.05, 0.1) is 0 Å². The van der Waals surface area contributed by atoms with E-state index >= 15 is 0 Å². The van der Waals surface area contributed by atoms with Crippen LogP contribution in [0.15, 0.2) is 22.7 Å². The van der Waals surface area contributed by atoms with Gasteiger partial charge in [0.15, 0.2) is 0 Å². The second-order valence-corrected chi connectivity index (χ2v) is 11.0. The van der Waals surface area contributed by atoms with Crippen LogP contribution in [0.5, 0.6) is 0 Å². The molecular formula is C29H41N7O4. The summed E-state index contributed by atoms with van der Waals surface area (Å²) in [4.78, 5) is 37.7. The lowest BCUT2D eigenvalue weighted by Crippen LogP contribution is -2.37. The number of nitrogens with zero attached hydrogens (tertiary/aromatic N) is 4. The van der Waals surface area contributed by atoms with Gasteiger partial charge < -0.3 is 25.2 Å². The standard InChI is InChI=1S/C29H41N7O4/c1-9-20-16-21(25-35-26(40-36-25)23-15-19(5)33-27(34-23)32-17(2)3)14-18(4)22(20)10-11-24(37)30-12-13-31-28(38)39-29(6,7)8/h14-17H,9-13H2,1-8H3,(H,30,37)(H,31,38)(H,32,33,34). The lowest BCUT2D eigenvalue weighted by molar-refractivity contribution is -0.121. The Morgan fingerprint density at radius 1 is 1.02 bits per heavy atom. The van der Waals surface area contributed by atoms with Gasteiger partial charge >= 0.3 is 6.09 Å². The van der Waals surface area contributed by atoms with Gasteiger partial charge in [0.2, 0.25) is 17.7 Å². The van der Waals surface area contributed by atoms with Crippen LogP contribution in [0.25, 0.3) is 23.0 Å². The second-order valence-electron chi connectivity index (χ2n) is 11.0. The van der Waals surface area contributed by atoms with Gasteiger partial charge in [-0.2, -0.15) is 4.98 Å². The molecule has 3 N–H and O–H groups in total. The molecule has 11 nitrogen and oxygen atoms in total. The van der Waals surface area contributed by atoms with Crippen molar-refractivity contribution in [1.29, 1.82) is 0 Å². The van der Waals surface area contributed by atoms with E-state index in [0.717, 1.165) is 34.4 Å². The van der Waals surface area contributed by atoms with E-state index in [0.29, 0.717) is 49.3 Å². The van der Waals surface area contributed by atoms with Gasteiger partial charge in [0.1, 0.15) is 11.3 Å². The number of hydrogen-bond acceptors (Lipinski definition) is 9. The van der Waals surface area contributed by atoms with Crippen LogP contribution >= 0.6 is 0 Å². The SMILES string of the molecule is CCc1cc(-c2noc(-c3cc(C)nc(NC(C)C)n3)n2)cc(C)c1CCC(=O)NCCNC(=O)OC(C)(C)C. The predicted molar refractivity (Wildman–Crippen MR) is 154 cm³/mol. The van der Waals surface area contributed by atoms with Crippen molar-refractivity contribution in [3.63, 3.8) is 0 Å². The fourth-order valence-electron chi connectivity index (χ4n) is 4.15. The fraction of sp³-hybridized carbons (Fsp3) is 0.517. The topological polar surface area (TPSA) is 144 Å². The Morgan fingerprint density at radius 2 is 1.75 bits per heavy atom. The molecule has 0 aliphatic rings. The van der Waals surface area contributed by atoms with Crippen molar-refractivity contribution >= 4 is 17.9 Å². The van der Waals surface area contributed by atoms with Crippen molar-refractivity contribution in [1.82, 2.24) is 30.7 Å². The molecule has 0 saturated heterocycles. The fourth-order valence-corrected chi connectivity index (χ4v) is 4.15. The first-order valence-electron chi connectivity index (χ1n) is 13.7. The molecule has 11 heteroatoms. The minimum absolute atomic E-state index is 0.0780. The zero-order valence-corrected chi connectivity index (χ0v) is 24.8. The van der Waals surface area contributed by atoms with E-state index in [4.69, 9.17) is 9.26 Å². The summed E-state index contributed by atoms with van der Waals surface area (Å²) in [5, 5.41) is 12.9. The summed E-state index contributed by atoms with van der Waals surface area (Å²) in [5.41, 5.74) is 4.96. The van der Waals surface area contributed by atoms with Gasteiger partial charge in [-0.05, 0) is 96.2 Å². The first-order chi connectivity index (χ1) is 18.8. The highest BCUT2D eigenvalue weighted by molar-refractivity contribution is 5.76. The highest BCUT2D eigenvalue weighted by Crippen LogP contribution is 2.27. The Morgan fingerprint density at radius 3 is 2.42 bits per heavy atom. The van der Waals surface area contributed by atoms with Crippen molar-refractivity contribution in [2.75, 3.05) is 18.4 Å². The summed E-state index contributed by atoms with van der Waals surface area (Å²) in [6.45, 7) is 16.1. The maximum absolute atomic E-state index is 12.4. The van der Waals surface area contributed by atoms with Crippen molar-refractivity contribution < 1.29 is 18.8 Å².